The van der Waals surface area contributed by atoms with Crippen LogP contribution in [0.5, 0.6) is 5.75 Å². The number of ether oxygens (including phenoxy) is 2. The van der Waals surface area contributed by atoms with E-state index in [0.717, 1.165) is 5.56 Å². The number of carbonyl (C=O) groups excluding carboxylic acids is 1. The third-order valence-electron chi connectivity index (χ3n) is 4.13. The van der Waals surface area contributed by atoms with E-state index in [9.17, 15) is 9.18 Å². The Labute approximate surface area is 139 Å². The van der Waals surface area contributed by atoms with E-state index in [4.69, 9.17) is 9.47 Å². The summed E-state index contributed by atoms with van der Waals surface area (Å²) in [7, 11) is 1.83. The molecule has 1 unspecified atom stereocenters. The van der Waals surface area contributed by atoms with E-state index in [2.05, 4.69) is 5.10 Å². The van der Waals surface area contributed by atoms with Crippen LogP contribution in [0.3, 0.4) is 0 Å². The number of benzene rings is 1. The van der Waals surface area contributed by atoms with Gasteiger partial charge in [0.2, 0.25) is 0 Å². The van der Waals surface area contributed by atoms with Crippen LogP contribution in [0.4, 0.5) is 4.39 Å². The number of amides is 1. The smallest absolute Gasteiger partial charge is 0.260 e. The second-order valence-electron chi connectivity index (χ2n) is 6.02. The normalized spacial score (nSPS) is 20.9. The molecule has 6 nitrogen and oxygen atoms in total. The quantitative estimate of drug-likeness (QED) is 0.855. The Morgan fingerprint density at radius 2 is 2.25 bits per heavy atom. The summed E-state index contributed by atoms with van der Waals surface area (Å²) in [6.07, 6.45) is 3.62. The van der Waals surface area contributed by atoms with Crippen molar-refractivity contribution in [3.8, 4) is 5.75 Å². The SMILES string of the molecule is Cn1cc(C2(C)CN(C(=O)COc3ccccc3F)CCO2)cn1. The fourth-order valence-corrected chi connectivity index (χ4v) is 2.74. The minimum Gasteiger partial charge on any atom is -0.481 e. The summed E-state index contributed by atoms with van der Waals surface area (Å²) in [4.78, 5) is 14.1. The number of para-hydroxylation sites is 1. The van der Waals surface area contributed by atoms with Gasteiger partial charge in [0.15, 0.2) is 18.2 Å². The van der Waals surface area contributed by atoms with E-state index in [-0.39, 0.29) is 18.3 Å². The lowest BCUT2D eigenvalue weighted by Gasteiger charge is -2.40. The highest BCUT2D eigenvalue weighted by Gasteiger charge is 2.36. The second kappa shape index (κ2) is 6.60. The summed E-state index contributed by atoms with van der Waals surface area (Å²) in [5.74, 6) is -0.599. The van der Waals surface area contributed by atoms with Crippen molar-refractivity contribution in [3.05, 3.63) is 48.0 Å². The van der Waals surface area contributed by atoms with Crippen molar-refractivity contribution in [2.45, 2.75) is 12.5 Å². The zero-order valence-electron chi connectivity index (χ0n) is 13.7. The van der Waals surface area contributed by atoms with Gasteiger partial charge in [-0.05, 0) is 19.1 Å². The molecule has 1 aromatic heterocycles. The van der Waals surface area contributed by atoms with Gasteiger partial charge in [0, 0.05) is 25.4 Å². The summed E-state index contributed by atoms with van der Waals surface area (Å²) in [6.45, 7) is 3.04. The maximum absolute atomic E-state index is 13.5. The van der Waals surface area contributed by atoms with Gasteiger partial charge in [-0.15, -0.1) is 0 Å². The lowest BCUT2D eigenvalue weighted by molar-refractivity contribution is -0.151. The third kappa shape index (κ3) is 3.41. The first kappa shape index (κ1) is 16.4. The fraction of sp³-hybridized carbons (Fsp3) is 0.412. The van der Waals surface area contributed by atoms with Crippen LogP contribution in [0.2, 0.25) is 0 Å². The molecule has 0 N–H and O–H groups in total. The second-order valence-corrected chi connectivity index (χ2v) is 6.02. The average molecular weight is 333 g/mol. The van der Waals surface area contributed by atoms with Crippen LogP contribution in [-0.4, -0.2) is 46.9 Å². The molecule has 0 radical (unpaired) electrons. The Morgan fingerprint density at radius 1 is 1.46 bits per heavy atom. The predicted octanol–water partition coefficient (Wildman–Crippen LogP) is 1.71. The van der Waals surface area contributed by atoms with Gasteiger partial charge in [0.05, 0.1) is 19.3 Å². The number of aromatic nitrogens is 2. The number of hydrogen-bond acceptors (Lipinski definition) is 4. The van der Waals surface area contributed by atoms with Crippen molar-refractivity contribution in [1.29, 1.82) is 0 Å². The van der Waals surface area contributed by atoms with Crippen molar-refractivity contribution in [1.82, 2.24) is 14.7 Å². The molecule has 2 heterocycles. The molecule has 0 spiro atoms. The van der Waals surface area contributed by atoms with Crippen molar-refractivity contribution in [2.75, 3.05) is 26.3 Å². The summed E-state index contributed by atoms with van der Waals surface area (Å²) in [5, 5.41) is 4.16. The molecule has 1 aliphatic rings. The maximum atomic E-state index is 13.5. The molecular weight excluding hydrogens is 313 g/mol. The van der Waals surface area contributed by atoms with Crippen LogP contribution in [0.25, 0.3) is 0 Å². The number of halogens is 1. The molecule has 1 amide bonds. The van der Waals surface area contributed by atoms with Crippen LogP contribution >= 0.6 is 0 Å². The maximum Gasteiger partial charge on any atom is 0.260 e. The molecule has 1 saturated heterocycles. The number of carbonyl (C=O) groups is 1. The van der Waals surface area contributed by atoms with Crippen LogP contribution in [0, 0.1) is 5.82 Å². The number of rotatable bonds is 4. The van der Waals surface area contributed by atoms with Gasteiger partial charge in [0.1, 0.15) is 5.60 Å². The Balaban J connectivity index is 1.64. The Hall–Kier alpha value is -2.41. The zero-order chi connectivity index (χ0) is 17.2. The van der Waals surface area contributed by atoms with Crippen molar-refractivity contribution >= 4 is 5.91 Å². The van der Waals surface area contributed by atoms with Crippen LogP contribution in [0.1, 0.15) is 12.5 Å². The van der Waals surface area contributed by atoms with E-state index >= 15 is 0 Å². The van der Waals surface area contributed by atoms with Gasteiger partial charge in [-0.25, -0.2) is 4.39 Å². The molecule has 1 atom stereocenters. The van der Waals surface area contributed by atoms with Crippen LogP contribution in [0.15, 0.2) is 36.7 Å². The number of hydrogen-bond donors (Lipinski definition) is 0. The molecule has 3 rings (SSSR count). The monoisotopic (exact) mass is 333 g/mol. The summed E-state index contributed by atoms with van der Waals surface area (Å²) in [5.41, 5.74) is 0.303. The summed E-state index contributed by atoms with van der Waals surface area (Å²) < 4.78 is 26.4. The van der Waals surface area contributed by atoms with Gasteiger partial charge in [-0.2, -0.15) is 5.10 Å². The van der Waals surface area contributed by atoms with E-state index in [1.54, 1.807) is 27.9 Å². The van der Waals surface area contributed by atoms with Crippen LogP contribution < -0.4 is 4.74 Å². The van der Waals surface area contributed by atoms with E-state index < -0.39 is 11.4 Å². The average Bonchev–Trinajstić information content (AvgIpc) is 3.01. The molecule has 1 aromatic carbocycles. The first-order chi connectivity index (χ1) is 11.5. The standard InChI is InChI=1S/C17H20FN3O3/c1-17(13-9-19-20(2)10-13)12-21(7-8-24-17)16(22)11-23-15-6-4-3-5-14(15)18/h3-6,9-10H,7-8,11-12H2,1-2H3. The lowest BCUT2D eigenvalue weighted by Crippen LogP contribution is -2.51. The molecule has 1 fully saturated rings. The Kier molecular flexibility index (Phi) is 4.53. The van der Waals surface area contributed by atoms with E-state index in [0.29, 0.717) is 19.7 Å². The molecule has 128 valence electrons. The molecule has 1 aliphatic heterocycles. The minimum atomic E-state index is -0.611. The molecule has 0 bridgehead atoms. The number of nitrogens with zero attached hydrogens (tertiary/aromatic N) is 3. The zero-order valence-corrected chi connectivity index (χ0v) is 13.7. The van der Waals surface area contributed by atoms with Crippen LogP contribution in [-0.2, 0) is 22.2 Å². The van der Waals surface area contributed by atoms with Gasteiger partial charge in [-0.1, -0.05) is 12.1 Å². The molecule has 7 heteroatoms. The van der Waals surface area contributed by atoms with E-state index in [1.165, 1.54) is 12.1 Å². The van der Waals surface area contributed by atoms with Gasteiger partial charge in [0.25, 0.3) is 5.91 Å². The first-order valence-corrected chi connectivity index (χ1v) is 7.76. The van der Waals surface area contributed by atoms with Gasteiger partial charge < -0.3 is 14.4 Å². The van der Waals surface area contributed by atoms with Gasteiger partial charge >= 0.3 is 0 Å². The van der Waals surface area contributed by atoms with Crippen molar-refractivity contribution in [3.63, 3.8) is 0 Å². The van der Waals surface area contributed by atoms with Crippen molar-refractivity contribution in [2.24, 2.45) is 7.05 Å². The lowest BCUT2D eigenvalue weighted by atomic mass is 9.97. The third-order valence-corrected chi connectivity index (χ3v) is 4.13. The minimum absolute atomic E-state index is 0.0779. The van der Waals surface area contributed by atoms with Gasteiger partial charge in [-0.3, -0.25) is 9.48 Å². The molecule has 0 saturated carbocycles. The molecule has 0 aliphatic carbocycles. The Morgan fingerprint density at radius 3 is 2.96 bits per heavy atom. The predicted molar refractivity (Wildman–Crippen MR) is 85.0 cm³/mol. The molecular formula is C17H20FN3O3. The first-order valence-electron chi connectivity index (χ1n) is 7.76. The Bertz CT molecular complexity index is 733. The summed E-state index contributed by atoms with van der Waals surface area (Å²) >= 11 is 0. The van der Waals surface area contributed by atoms with E-state index in [1.807, 2.05) is 20.2 Å². The topological polar surface area (TPSA) is 56.6 Å². The highest BCUT2D eigenvalue weighted by atomic mass is 19.1. The number of morpholine rings is 1. The number of aryl methyl sites for hydroxylation is 1. The molecule has 2 aromatic rings. The highest BCUT2D eigenvalue weighted by Crippen LogP contribution is 2.29. The largest absolute Gasteiger partial charge is 0.481 e. The fourth-order valence-electron chi connectivity index (χ4n) is 2.74. The highest BCUT2D eigenvalue weighted by molar-refractivity contribution is 5.78. The molecule has 24 heavy (non-hydrogen) atoms. The summed E-state index contributed by atoms with van der Waals surface area (Å²) in [6, 6.07) is 6.04. The van der Waals surface area contributed by atoms with Crippen molar-refractivity contribution < 1.29 is 18.7 Å².